The minimum atomic E-state index is -4.03. The van der Waals surface area contributed by atoms with Crippen LogP contribution in [0, 0.1) is 0 Å². The molecule has 0 unspecified atom stereocenters. The quantitative estimate of drug-likeness (QED) is 0.439. The number of nitrogens with one attached hydrogen (secondary N) is 2. The van der Waals surface area contributed by atoms with Crippen molar-refractivity contribution in [2.24, 2.45) is 5.73 Å². The molecule has 2 amide bonds. The number of urea groups is 1. The summed E-state index contributed by atoms with van der Waals surface area (Å²) in [6.45, 7) is 6.08. The molecule has 0 fully saturated rings. The number of carbonyl (C=O) groups is 2. The van der Waals surface area contributed by atoms with Crippen LogP contribution < -0.4 is 15.8 Å². The average molecular weight is 487 g/mol. The van der Waals surface area contributed by atoms with Gasteiger partial charge in [-0.05, 0) is 41.3 Å². The molecule has 0 spiro atoms. The van der Waals surface area contributed by atoms with Crippen LogP contribution >= 0.6 is 11.6 Å². The summed E-state index contributed by atoms with van der Waals surface area (Å²) in [7, 11) is -4.03. The number of halogens is 1. The largest absolute Gasteiger partial charge is 0.351 e. The number of primary amides is 1. The molecule has 0 aliphatic rings. The van der Waals surface area contributed by atoms with Crippen molar-refractivity contribution in [3.63, 3.8) is 0 Å². The summed E-state index contributed by atoms with van der Waals surface area (Å²) in [6, 6.07) is 13.0. The molecule has 0 radical (unpaired) electrons. The number of carbonyl (C=O) groups excluding carboxylic acids is 2. The van der Waals surface area contributed by atoms with Crippen LogP contribution in [0.1, 0.15) is 42.4 Å². The Bertz CT molecular complexity index is 1320. The Morgan fingerprint density at radius 3 is 2.30 bits per heavy atom. The van der Waals surface area contributed by atoms with Crippen molar-refractivity contribution in [1.29, 1.82) is 0 Å². The number of hydrogen-bond donors (Lipinski definition) is 3. The number of benzene rings is 2. The van der Waals surface area contributed by atoms with E-state index >= 15 is 0 Å². The number of nitrogens with zero attached hydrogens (tertiary/aromatic N) is 1. The number of ketones is 1. The lowest BCUT2D eigenvalue weighted by Gasteiger charge is -2.19. The normalized spacial score (nSPS) is 11.6. The maximum absolute atomic E-state index is 13.1. The van der Waals surface area contributed by atoms with Gasteiger partial charge in [-0.25, -0.2) is 18.2 Å². The van der Waals surface area contributed by atoms with Gasteiger partial charge in [-0.1, -0.05) is 56.6 Å². The highest BCUT2D eigenvalue weighted by Crippen LogP contribution is 2.27. The molecule has 33 heavy (non-hydrogen) atoms. The Morgan fingerprint density at radius 2 is 1.70 bits per heavy atom. The van der Waals surface area contributed by atoms with Gasteiger partial charge in [0.05, 0.1) is 15.6 Å². The van der Waals surface area contributed by atoms with Crippen LogP contribution in [0.3, 0.4) is 0 Å². The van der Waals surface area contributed by atoms with E-state index in [0.29, 0.717) is 5.69 Å². The fourth-order valence-corrected chi connectivity index (χ4v) is 4.27. The van der Waals surface area contributed by atoms with Gasteiger partial charge in [0.2, 0.25) is 5.78 Å². The highest BCUT2D eigenvalue weighted by atomic mass is 35.5. The van der Waals surface area contributed by atoms with Gasteiger partial charge in [-0.2, -0.15) is 0 Å². The molecule has 0 aliphatic carbocycles. The number of hydrogen-bond acceptors (Lipinski definition) is 5. The number of anilines is 2. The fourth-order valence-electron chi connectivity index (χ4n) is 3.05. The first kappa shape index (κ1) is 24.2. The van der Waals surface area contributed by atoms with Gasteiger partial charge >= 0.3 is 6.03 Å². The van der Waals surface area contributed by atoms with Crippen molar-refractivity contribution in [3.05, 3.63) is 82.6 Å². The number of rotatable bonds is 6. The van der Waals surface area contributed by atoms with Gasteiger partial charge in [0.1, 0.15) is 5.69 Å². The van der Waals surface area contributed by atoms with E-state index in [2.05, 4.69) is 15.0 Å². The minimum Gasteiger partial charge on any atom is -0.351 e. The molecule has 1 heterocycles. The highest BCUT2D eigenvalue weighted by Gasteiger charge is 2.23. The standard InChI is InChI=1S/C23H23ClN4O4S/c1-23(2,3)15-7-9-18(10-8-15)33(31,32)28-19-12-16(24)13-26-20(19)21(29)14-5-4-6-17(11-14)27-22(25)30/h4-13,28H,1-3H3,(H3,25,27,30). The third-order valence-corrected chi connectivity index (χ3v) is 6.32. The SMILES string of the molecule is CC(C)(C)c1ccc(S(=O)(=O)Nc2cc(Cl)cnc2C(=O)c2cccc(NC(N)=O)c2)cc1. The van der Waals surface area contributed by atoms with E-state index < -0.39 is 21.8 Å². The molecule has 0 saturated heterocycles. The molecule has 172 valence electrons. The van der Waals surface area contributed by atoms with E-state index in [-0.39, 0.29) is 32.3 Å². The van der Waals surface area contributed by atoms with Gasteiger partial charge in [0.25, 0.3) is 10.0 Å². The van der Waals surface area contributed by atoms with Crippen molar-refractivity contribution in [2.45, 2.75) is 31.1 Å². The Hall–Kier alpha value is -3.43. The van der Waals surface area contributed by atoms with Crippen molar-refractivity contribution in [1.82, 2.24) is 4.98 Å². The molecule has 0 saturated carbocycles. The lowest BCUT2D eigenvalue weighted by Crippen LogP contribution is -2.20. The molecule has 0 atom stereocenters. The van der Waals surface area contributed by atoms with Crippen molar-refractivity contribution in [2.75, 3.05) is 10.0 Å². The van der Waals surface area contributed by atoms with E-state index in [0.717, 1.165) is 5.56 Å². The van der Waals surface area contributed by atoms with Crippen LogP contribution in [0.5, 0.6) is 0 Å². The Morgan fingerprint density at radius 1 is 1.03 bits per heavy atom. The predicted octanol–water partition coefficient (Wildman–Crippen LogP) is 4.55. The van der Waals surface area contributed by atoms with Crippen LogP contribution in [0.25, 0.3) is 0 Å². The zero-order chi connectivity index (χ0) is 24.4. The van der Waals surface area contributed by atoms with E-state index in [9.17, 15) is 18.0 Å². The monoisotopic (exact) mass is 486 g/mol. The van der Waals surface area contributed by atoms with Crippen LogP contribution in [0.4, 0.5) is 16.2 Å². The number of pyridine rings is 1. The lowest BCUT2D eigenvalue weighted by molar-refractivity contribution is 0.103. The average Bonchev–Trinajstić information content (AvgIpc) is 2.72. The highest BCUT2D eigenvalue weighted by molar-refractivity contribution is 7.92. The molecule has 3 aromatic rings. The Labute approximate surface area is 197 Å². The molecule has 3 rings (SSSR count). The van der Waals surface area contributed by atoms with Crippen LogP contribution in [0.15, 0.2) is 65.7 Å². The Balaban J connectivity index is 1.96. The van der Waals surface area contributed by atoms with Crippen LogP contribution in [0.2, 0.25) is 5.02 Å². The van der Waals surface area contributed by atoms with Gasteiger partial charge < -0.3 is 11.1 Å². The summed E-state index contributed by atoms with van der Waals surface area (Å²) in [4.78, 5) is 28.3. The molecule has 4 N–H and O–H groups in total. The van der Waals surface area contributed by atoms with Gasteiger partial charge in [0, 0.05) is 17.4 Å². The summed E-state index contributed by atoms with van der Waals surface area (Å²) in [5.74, 6) is -0.569. The third kappa shape index (κ3) is 5.88. The second-order valence-electron chi connectivity index (χ2n) is 8.33. The van der Waals surface area contributed by atoms with Crippen molar-refractivity contribution >= 4 is 44.8 Å². The summed E-state index contributed by atoms with van der Waals surface area (Å²) >= 11 is 6.03. The maximum Gasteiger partial charge on any atom is 0.316 e. The first-order valence-electron chi connectivity index (χ1n) is 9.87. The maximum atomic E-state index is 13.1. The molecule has 1 aromatic heterocycles. The number of amides is 2. The second-order valence-corrected chi connectivity index (χ2v) is 10.4. The summed E-state index contributed by atoms with van der Waals surface area (Å²) in [6.07, 6.45) is 1.25. The number of aromatic nitrogens is 1. The molecule has 0 bridgehead atoms. The Kier molecular flexibility index (Phi) is 6.76. The third-order valence-electron chi connectivity index (χ3n) is 4.74. The molecule has 10 heteroatoms. The van der Waals surface area contributed by atoms with E-state index in [1.165, 1.54) is 36.5 Å². The van der Waals surface area contributed by atoms with E-state index in [1.54, 1.807) is 24.3 Å². The zero-order valence-electron chi connectivity index (χ0n) is 18.2. The first-order chi connectivity index (χ1) is 15.4. The lowest BCUT2D eigenvalue weighted by atomic mass is 9.87. The topological polar surface area (TPSA) is 131 Å². The van der Waals surface area contributed by atoms with Gasteiger partial charge in [-0.15, -0.1) is 0 Å². The van der Waals surface area contributed by atoms with Crippen LogP contribution in [-0.4, -0.2) is 25.2 Å². The fraction of sp³-hybridized carbons (Fsp3) is 0.174. The van der Waals surface area contributed by atoms with Gasteiger partial charge in [-0.3, -0.25) is 9.52 Å². The smallest absolute Gasteiger partial charge is 0.316 e. The summed E-state index contributed by atoms with van der Waals surface area (Å²) in [5, 5.41) is 2.53. The van der Waals surface area contributed by atoms with E-state index in [4.69, 9.17) is 17.3 Å². The zero-order valence-corrected chi connectivity index (χ0v) is 19.8. The second kappa shape index (κ2) is 9.21. The summed E-state index contributed by atoms with van der Waals surface area (Å²) < 4.78 is 28.4. The molecule has 8 nitrogen and oxygen atoms in total. The van der Waals surface area contributed by atoms with Crippen molar-refractivity contribution in [3.8, 4) is 0 Å². The predicted molar refractivity (Wildman–Crippen MR) is 128 cm³/mol. The van der Waals surface area contributed by atoms with E-state index in [1.807, 2.05) is 20.8 Å². The summed E-state index contributed by atoms with van der Waals surface area (Å²) in [5.41, 5.74) is 6.23. The molecular formula is C23H23ClN4O4S. The molecule has 0 aliphatic heterocycles. The number of nitrogens with two attached hydrogens (primary N) is 1. The molecule has 2 aromatic carbocycles. The minimum absolute atomic E-state index is 0.0292. The first-order valence-corrected chi connectivity index (χ1v) is 11.7. The number of sulfonamides is 1. The van der Waals surface area contributed by atoms with Crippen LogP contribution in [-0.2, 0) is 15.4 Å². The van der Waals surface area contributed by atoms with Crippen molar-refractivity contribution < 1.29 is 18.0 Å². The molecular weight excluding hydrogens is 464 g/mol. The van der Waals surface area contributed by atoms with Gasteiger partial charge in [0.15, 0.2) is 0 Å².